The number of amides is 2. The first-order chi connectivity index (χ1) is 12.6. The van der Waals surface area contributed by atoms with Crippen LogP contribution in [0.4, 0.5) is 0 Å². The van der Waals surface area contributed by atoms with Crippen LogP contribution in [0.3, 0.4) is 0 Å². The van der Waals surface area contributed by atoms with E-state index in [4.69, 9.17) is 4.42 Å². The van der Waals surface area contributed by atoms with E-state index in [0.717, 1.165) is 18.4 Å². The Hall–Kier alpha value is -2.63. The van der Waals surface area contributed by atoms with Gasteiger partial charge >= 0.3 is 0 Å². The maximum atomic E-state index is 12.4. The SMILES string of the molecule is Cc1oc(C2CC2)nc1C(=O)NCC1CC(=O)N(Cc2ccccc2)C1. The number of likely N-dealkylation sites (tertiary alicyclic amines) is 1. The van der Waals surface area contributed by atoms with Gasteiger partial charge in [0.2, 0.25) is 5.91 Å². The molecule has 1 aromatic heterocycles. The highest BCUT2D eigenvalue weighted by Gasteiger charge is 2.32. The summed E-state index contributed by atoms with van der Waals surface area (Å²) in [6.07, 6.45) is 2.64. The fraction of sp³-hybridized carbons (Fsp3) is 0.450. The number of rotatable bonds is 6. The second-order valence-corrected chi connectivity index (χ2v) is 7.27. The van der Waals surface area contributed by atoms with E-state index in [9.17, 15) is 9.59 Å². The largest absolute Gasteiger partial charge is 0.445 e. The standard InChI is InChI=1S/C20H23N3O3/c1-13-18(22-20(26-13)16-7-8-16)19(25)21-10-15-9-17(24)23(12-15)11-14-5-3-2-4-6-14/h2-6,15-16H,7-12H2,1H3,(H,21,25). The zero-order valence-corrected chi connectivity index (χ0v) is 14.9. The minimum Gasteiger partial charge on any atom is -0.445 e. The van der Waals surface area contributed by atoms with Crippen LogP contribution < -0.4 is 5.32 Å². The average Bonchev–Trinajstić information content (AvgIpc) is 3.33. The van der Waals surface area contributed by atoms with E-state index in [1.165, 1.54) is 0 Å². The number of nitrogens with one attached hydrogen (secondary N) is 1. The van der Waals surface area contributed by atoms with Crippen LogP contribution in [0.5, 0.6) is 0 Å². The number of aryl methyl sites for hydroxylation is 1. The van der Waals surface area contributed by atoms with Crippen LogP contribution in [0.1, 0.15) is 52.9 Å². The molecule has 0 spiro atoms. The quantitative estimate of drug-likeness (QED) is 0.866. The number of hydrogen-bond acceptors (Lipinski definition) is 4. The molecule has 0 bridgehead atoms. The summed E-state index contributed by atoms with van der Waals surface area (Å²) in [6.45, 7) is 3.53. The molecule has 4 rings (SSSR count). The van der Waals surface area contributed by atoms with Gasteiger partial charge in [0.1, 0.15) is 5.76 Å². The molecular weight excluding hydrogens is 330 g/mol. The van der Waals surface area contributed by atoms with E-state index >= 15 is 0 Å². The van der Waals surface area contributed by atoms with E-state index in [1.54, 1.807) is 6.92 Å². The molecular formula is C20H23N3O3. The topological polar surface area (TPSA) is 75.4 Å². The Kier molecular flexibility index (Phi) is 4.49. The van der Waals surface area contributed by atoms with Gasteiger partial charge in [-0.3, -0.25) is 9.59 Å². The Labute approximate surface area is 152 Å². The number of carbonyl (C=O) groups is 2. The summed E-state index contributed by atoms with van der Waals surface area (Å²) in [5.74, 6) is 1.68. The molecule has 1 unspecified atom stereocenters. The minimum absolute atomic E-state index is 0.130. The predicted molar refractivity (Wildman–Crippen MR) is 95.5 cm³/mol. The Morgan fingerprint density at radius 2 is 2.08 bits per heavy atom. The molecule has 1 saturated heterocycles. The molecule has 6 nitrogen and oxygen atoms in total. The lowest BCUT2D eigenvalue weighted by Crippen LogP contribution is -2.31. The first-order valence-corrected chi connectivity index (χ1v) is 9.17. The lowest BCUT2D eigenvalue weighted by Gasteiger charge is -2.17. The highest BCUT2D eigenvalue weighted by Crippen LogP contribution is 2.40. The zero-order valence-electron chi connectivity index (χ0n) is 14.9. The summed E-state index contributed by atoms with van der Waals surface area (Å²) in [5.41, 5.74) is 1.49. The van der Waals surface area contributed by atoms with Gasteiger partial charge in [-0.1, -0.05) is 30.3 Å². The van der Waals surface area contributed by atoms with Gasteiger partial charge in [0, 0.05) is 37.9 Å². The highest BCUT2D eigenvalue weighted by atomic mass is 16.4. The maximum absolute atomic E-state index is 12.4. The summed E-state index contributed by atoms with van der Waals surface area (Å²) in [6, 6.07) is 9.96. The fourth-order valence-corrected chi connectivity index (χ4v) is 3.40. The van der Waals surface area contributed by atoms with Gasteiger partial charge in [-0.05, 0) is 25.3 Å². The van der Waals surface area contributed by atoms with Crippen molar-refractivity contribution in [2.45, 2.75) is 38.6 Å². The molecule has 2 amide bonds. The van der Waals surface area contributed by atoms with E-state index < -0.39 is 0 Å². The van der Waals surface area contributed by atoms with Gasteiger partial charge < -0.3 is 14.6 Å². The summed E-state index contributed by atoms with van der Waals surface area (Å²) < 4.78 is 5.60. The molecule has 1 aliphatic carbocycles. The molecule has 0 radical (unpaired) electrons. The molecule has 1 atom stereocenters. The van der Waals surface area contributed by atoms with Crippen molar-refractivity contribution in [3.8, 4) is 0 Å². The first-order valence-electron chi connectivity index (χ1n) is 9.17. The maximum Gasteiger partial charge on any atom is 0.273 e. The molecule has 1 aromatic carbocycles. The lowest BCUT2D eigenvalue weighted by atomic mass is 10.1. The van der Waals surface area contributed by atoms with E-state index in [2.05, 4.69) is 10.3 Å². The fourth-order valence-electron chi connectivity index (χ4n) is 3.40. The van der Waals surface area contributed by atoms with Crippen molar-refractivity contribution in [3.05, 3.63) is 53.2 Å². The van der Waals surface area contributed by atoms with Crippen LogP contribution in [-0.4, -0.2) is 34.8 Å². The third-order valence-electron chi connectivity index (χ3n) is 5.02. The number of oxazole rings is 1. The van der Waals surface area contributed by atoms with Crippen LogP contribution in [0, 0.1) is 12.8 Å². The van der Waals surface area contributed by atoms with Crippen LogP contribution in [-0.2, 0) is 11.3 Å². The number of benzene rings is 1. The van der Waals surface area contributed by atoms with Crippen molar-refractivity contribution in [2.75, 3.05) is 13.1 Å². The smallest absolute Gasteiger partial charge is 0.273 e. The number of carbonyl (C=O) groups excluding carboxylic acids is 2. The minimum atomic E-state index is -0.216. The molecule has 6 heteroatoms. The Bertz CT molecular complexity index is 811. The molecule has 1 N–H and O–H groups in total. The summed E-state index contributed by atoms with van der Waals surface area (Å²) in [4.78, 5) is 30.8. The molecule has 2 aromatic rings. The second kappa shape index (κ2) is 6.94. The molecule has 2 fully saturated rings. The molecule has 2 aliphatic rings. The van der Waals surface area contributed by atoms with Crippen molar-refractivity contribution in [2.24, 2.45) is 5.92 Å². The van der Waals surface area contributed by atoms with Gasteiger partial charge in [0.15, 0.2) is 11.6 Å². The zero-order chi connectivity index (χ0) is 18.1. The van der Waals surface area contributed by atoms with Gasteiger partial charge in [0.25, 0.3) is 5.91 Å². The van der Waals surface area contributed by atoms with Crippen molar-refractivity contribution in [1.82, 2.24) is 15.2 Å². The summed E-state index contributed by atoms with van der Waals surface area (Å²) >= 11 is 0. The molecule has 1 aliphatic heterocycles. The van der Waals surface area contributed by atoms with Crippen molar-refractivity contribution in [1.29, 1.82) is 0 Å². The van der Waals surface area contributed by atoms with Crippen molar-refractivity contribution in [3.63, 3.8) is 0 Å². The Morgan fingerprint density at radius 1 is 1.31 bits per heavy atom. The average molecular weight is 353 g/mol. The molecule has 1 saturated carbocycles. The number of aromatic nitrogens is 1. The van der Waals surface area contributed by atoms with Crippen molar-refractivity contribution >= 4 is 11.8 Å². The second-order valence-electron chi connectivity index (χ2n) is 7.27. The Morgan fingerprint density at radius 3 is 2.81 bits per heavy atom. The first kappa shape index (κ1) is 16.8. The number of hydrogen-bond donors (Lipinski definition) is 1. The predicted octanol–water partition coefficient (Wildman–Crippen LogP) is 2.64. The van der Waals surface area contributed by atoms with E-state index in [1.807, 2.05) is 35.2 Å². The normalized spacial score (nSPS) is 19.8. The Balaban J connectivity index is 1.31. The van der Waals surface area contributed by atoms with Crippen LogP contribution in [0.15, 0.2) is 34.7 Å². The van der Waals surface area contributed by atoms with Crippen LogP contribution in [0.2, 0.25) is 0 Å². The third-order valence-corrected chi connectivity index (χ3v) is 5.02. The van der Waals surface area contributed by atoms with Crippen molar-refractivity contribution < 1.29 is 14.0 Å². The summed E-state index contributed by atoms with van der Waals surface area (Å²) in [7, 11) is 0. The third kappa shape index (κ3) is 3.64. The van der Waals surface area contributed by atoms with Crippen LogP contribution >= 0.6 is 0 Å². The van der Waals surface area contributed by atoms with Crippen LogP contribution in [0.25, 0.3) is 0 Å². The monoisotopic (exact) mass is 353 g/mol. The van der Waals surface area contributed by atoms with Gasteiger partial charge in [-0.2, -0.15) is 0 Å². The number of nitrogens with zero attached hydrogens (tertiary/aromatic N) is 2. The highest BCUT2D eigenvalue weighted by molar-refractivity contribution is 5.93. The molecule has 26 heavy (non-hydrogen) atoms. The van der Waals surface area contributed by atoms with Gasteiger partial charge in [0.05, 0.1) is 0 Å². The van der Waals surface area contributed by atoms with E-state index in [0.29, 0.717) is 49.3 Å². The molecule has 2 heterocycles. The summed E-state index contributed by atoms with van der Waals surface area (Å²) in [5, 5.41) is 2.92. The van der Waals surface area contributed by atoms with Gasteiger partial charge in [-0.15, -0.1) is 0 Å². The molecule has 136 valence electrons. The lowest BCUT2D eigenvalue weighted by molar-refractivity contribution is -0.128. The van der Waals surface area contributed by atoms with Gasteiger partial charge in [-0.25, -0.2) is 4.98 Å². The van der Waals surface area contributed by atoms with E-state index in [-0.39, 0.29) is 17.7 Å².